The van der Waals surface area contributed by atoms with Crippen LogP contribution in [0.1, 0.15) is 93.7 Å². The highest BCUT2D eigenvalue weighted by molar-refractivity contribution is 7.88. The summed E-state index contributed by atoms with van der Waals surface area (Å²) in [5.74, 6) is 0.673. The monoisotopic (exact) mass is 974 g/mol. The minimum Gasteiger partial charge on any atom is -0.345 e. The number of nitrogens with one attached hydrogen (secondary N) is 1. The molecule has 2 atom stereocenters. The van der Waals surface area contributed by atoms with Gasteiger partial charge >= 0.3 is 0 Å². The van der Waals surface area contributed by atoms with E-state index in [-0.39, 0.29) is 23.7 Å². The Hall–Kier alpha value is -5.48. The highest BCUT2D eigenvalue weighted by atomic mass is 35.5. The molecule has 0 bridgehead atoms. The van der Waals surface area contributed by atoms with Gasteiger partial charge in [0.1, 0.15) is 0 Å². The number of benzene rings is 2. The van der Waals surface area contributed by atoms with Crippen molar-refractivity contribution in [2.24, 2.45) is 18.9 Å². The first-order valence-electron chi connectivity index (χ1n) is 22.3. The third-order valence-electron chi connectivity index (χ3n) is 13.3. The summed E-state index contributed by atoms with van der Waals surface area (Å²) >= 11 is 12.8. The molecule has 2 aliphatic heterocycles. The molecule has 12 nitrogen and oxygen atoms in total. The fraction of sp³-hybridized carbons (Fsp3) is 0.294. The molecule has 67 heavy (non-hydrogen) atoms. The van der Waals surface area contributed by atoms with Gasteiger partial charge in [-0.25, -0.2) is 35.4 Å². The molecule has 0 amide bonds. The van der Waals surface area contributed by atoms with Gasteiger partial charge in [0.05, 0.1) is 54.1 Å². The van der Waals surface area contributed by atoms with Crippen LogP contribution in [0.25, 0.3) is 35.5 Å². The van der Waals surface area contributed by atoms with Crippen LogP contribution in [-0.4, -0.2) is 93.6 Å². The molecule has 0 radical (unpaired) electrons. The van der Waals surface area contributed by atoms with Gasteiger partial charge in [-0.1, -0.05) is 59.6 Å². The number of aromatic amines is 1. The summed E-state index contributed by atoms with van der Waals surface area (Å²) in [6, 6.07) is 20.2. The van der Waals surface area contributed by atoms with E-state index in [4.69, 9.17) is 33.2 Å². The van der Waals surface area contributed by atoms with Crippen LogP contribution in [0.4, 0.5) is 0 Å². The predicted octanol–water partition coefficient (Wildman–Crippen LogP) is 9.67. The van der Waals surface area contributed by atoms with Crippen LogP contribution < -0.4 is 0 Å². The van der Waals surface area contributed by atoms with Crippen molar-refractivity contribution < 1.29 is 16.8 Å². The van der Waals surface area contributed by atoms with Gasteiger partial charge in [-0.2, -0.15) is 0 Å². The smallest absolute Gasteiger partial charge is 0.211 e. The Morgan fingerprint density at radius 1 is 0.657 bits per heavy atom. The van der Waals surface area contributed by atoms with Crippen LogP contribution in [0, 0.1) is 11.8 Å². The van der Waals surface area contributed by atoms with Crippen molar-refractivity contribution in [2.45, 2.75) is 37.5 Å². The number of aryl methyl sites for hydroxylation is 1. The van der Waals surface area contributed by atoms with E-state index >= 15 is 0 Å². The number of fused-ring (bicyclic) bond motifs is 4. The molecule has 0 spiro atoms. The zero-order chi connectivity index (χ0) is 46.9. The molecule has 2 saturated heterocycles. The number of allylic oxidation sites excluding steroid dienone is 4. The number of halogens is 2. The van der Waals surface area contributed by atoms with E-state index in [1.165, 1.54) is 23.6 Å². The molecule has 6 aromatic rings. The van der Waals surface area contributed by atoms with Crippen molar-refractivity contribution in [3.05, 3.63) is 176 Å². The lowest BCUT2D eigenvalue weighted by atomic mass is 9.76. The summed E-state index contributed by atoms with van der Waals surface area (Å²) in [7, 11) is -4.41. The Labute approximate surface area is 402 Å². The maximum Gasteiger partial charge on any atom is 0.211 e. The molecule has 2 aromatic carbocycles. The van der Waals surface area contributed by atoms with E-state index in [0.29, 0.717) is 36.2 Å². The fourth-order valence-corrected chi connectivity index (χ4v) is 12.2. The second kappa shape index (κ2) is 19.6. The topological polar surface area (TPSA) is 147 Å². The molecule has 1 N–H and O–H groups in total. The maximum atomic E-state index is 12.1. The predicted molar refractivity (Wildman–Crippen MR) is 269 cm³/mol. The number of imidazole rings is 2. The van der Waals surface area contributed by atoms with E-state index < -0.39 is 20.0 Å². The molecule has 0 saturated carbocycles. The lowest BCUT2D eigenvalue weighted by Crippen LogP contribution is -2.39. The van der Waals surface area contributed by atoms with Crippen molar-refractivity contribution in [2.75, 3.05) is 38.7 Å². The Morgan fingerprint density at radius 2 is 1.15 bits per heavy atom. The summed E-state index contributed by atoms with van der Waals surface area (Å²) < 4.78 is 53.3. The van der Waals surface area contributed by atoms with E-state index in [9.17, 15) is 16.8 Å². The number of hydrogen-bond donors (Lipinski definition) is 1. The summed E-state index contributed by atoms with van der Waals surface area (Å²) in [6.07, 6.45) is 29.1. The van der Waals surface area contributed by atoms with Crippen LogP contribution in [-0.2, 0) is 27.1 Å². The molecule has 2 unspecified atom stereocenters. The van der Waals surface area contributed by atoms with Gasteiger partial charge in [-0.3, -0.25) is 9.97 Å². The third-order valence-corrected chi connectivity index (χ3v) is 16.4. The highest BCUT2D eigenvalue weighted by Gasteiger charge is 2.37. The lowest BCUT2D eigenvalue weighted by molar-refractivity contribution is 0.256. The quantitative estimate of drug-likeness (QED) is 0.159. The molecular formula is C51H52Cl2N8O4S2. The molecule has 6 heterocycles. The van der Waals surface area contributed by atoms with E-state index in [0.717, 1.165) is 81.9 Å². The number of H-pyrrole nitrogens is 1. The van der Waals surface area contributed by atoms with Crippen molar-refractivity contribution in [1.29, 1.82) is 0 Å². The summed E-state index contributed by atoms with van der Waals surface area (Å²) in [5.41, 5.74) is 12.6. The third kappa shape index (κ3) is 10.5. The zero-order valence-corrected chi connectivity index (χ0v) is 40.6. The Balaban J connectivity index is 0.000000168. The Bertz CT molecular complexity index is 3130. The van der Waals surface area contributed by atoms with Crippen LogP contribution in [0.3, 0.4) is 0 Å². The normalized spacial score (nSPS) is 19.6. The van der Waals surface area contributed by atoms with Crippen molar-refractivity contribution >= 4 is 78.7 Å². The van der Waals surface area contributed by atoms with Crippen LogP contribution >= 0.6 is 23.2 Å². The Morgan fingerprint density at radius 3 is 1.58 bits per heavy atom. The van der Waals surface area contributed by atoms with Crippen LogP contribution in [0.5, 0.6) is 0 Å². The Kier molecular flexibility index (Phi) is 13.7. The van der Waals surface area contributed by atoms with Gasteiger partial charge in [0, 0.05) is 84.8 Å². The van der Waals surface area contributed by atoms with Gasteiger partial charge in [0.15, 0.2) is 0 Å². The lowest BCUT2D eigenvalue weighted by Gasteiger charge is -2.35. The SMILES string of the molecule is CS(=O)(=O)N1CCC(C2c3ccc(Cl)cc3C=C(/C=C/c3cnc[nH]3)c3cccnc32)CC1.Cn1cnc(/C=C/C2=Cc3cc(Cl)ccc3C(C3CCN(S(C)(=O)=O)CC3)c3ncccc32)c1. The minimum absolute atomic E-state index is 0.0576. The van der Waals surface area contributed by atoms with Gasteiger partial charge in [0.2, 0.25) is 20.0 Å². The van der Waals surface area contributed by atoms with Crippen molar-refractivity contribution in [3.63, 3.8) is 0 Å². The number of rotatable bonds is 8. The number of piperidine rings is 2. The van der Waals surface area contributed by atoms with E-state index in [1.54, 1.807) is 27.5 Å². The summed E-state index contributed by atoms with van der Waals surface area (Å²) in [4.78, 5) is 21.3. The second-order valence-corrected chi connectivity index (χ2v) is 22.5. The largest absolute Gasteiger partial charge is 0.345 e. The van der Waals surface area contributed by atoms with Gasteiger partial charge in [-0.15, -0.1) is 0 Å². The second-order valence-electron chi connectivity index (χ2n) is 17.7. The molecule has 2 aliphatic carbocycles. The maximum absolute atomic E-state index is 12.1. The fourth-order valence-electron chi connectivity index (χ4n) is 10.1. The molecular weight excluding hydrogens is 924 g/mol. The molecule has 2 fully saturated rings. The van der Waals surface area contributed by atoms with Gasteiger partial charge < -0.3 is 9.55 Å². The summed E-state index contributed by atoms with van der Waals surface area (Å²) in [5, 5.41) is 1.37. The minimum atomic E-state index is -3.18. The average molecular weight is 976 g/mol. The van der Waals surface area contributed by atoms with Crippen LogP contribution in [0.15, 0.2) is 110 Å². The number of sulfonamides is 2. The molecule has 4 aromatic heterocycles. The molecule has 16 heteroatoms. The standard InChI is InChI=1S/C26H27ClN4O2S.C25H25ClN4O2S/c1-30-16-22(29-17-30)7-5-19-14-20-15-21(27)6-8-23(20)25(26-24(19)4-3-11-28-26)18-9-12-31(13-10-18)34(2,32)33;1-33(31,32)30-11-8-17(9-12-30)24-22-7-5-20(26)14-19(22)13-18(4-6-21-15-27-16-29-21)23-3-2-10-28-25(23)24/h3-8,11,14-18,25H,9-10,12-13H2,1-2H3;2-7,10,13-17,24H,8-9,11-12H2,1H3,(H,27,29)/b7-5+;6-4+. The average Bonchev–Trinajstić information content (AvgIpc) is 3.94. The summed E-state index contributed by atoms with van der Waals surface area (Å²) in [6.45, 7) is 2.13. The van der Waals surface area contributed by atoms with Gasteiger partial charge in [-0.05, 0) is 132 Å². The zero-order valence-electron chi connectivity index (χ0n) is 37.5. The van der Waals surface area contributed by atoms with Crippen molar-refractivity contribution in [3.8, 4) is 0 Å². The highest BCUT2D eigenvalue weighted by Crippen LogP contribution is 2.47. The molecule has 10 rings (SSSR count). The first-order chi connectivity index (χ1) is 32.2. The van der Waals surface area contributed by atoms with E-state index in [2.05, 4.69) is 63.5 Å². The molecule has 4 aliphatic rings. The van der Waals surface area contributed by atoms with Crippen LogP contribution in [0.2, 0.25) is 10.0 Å². The number of hydrogen-bond acceptors (Lipinski definition) is 8. The van der Waals surface area contributed by atoms with E-state index in [1.807, 2.05) is 78.8 Å². The van der Waals surface area contributed by atoms with Gasteiger partial charge in [0.25, 0.3) is 0 Å². The number of nitrogens with zero attached hydrogens (tertiary/aromatic N) is 7. The first kappa shape index (κ1) is 46.6. The number of aromatic nitrogens is 6. The number of pyridine rings is 2. The molecule has 346 valence electrons. The van der Waals surface area contributed by atoms with Crippen molar-refractivity contribution in [1.82, 2.24) is 38.1 Å². The first-order valence-corrected chi connectivity index (χ1v) is 26.8.